The lowest BCUT2D eigenvalue weighted by Gasteiger charge is -2.26. The second-order valence-corrected chi connectivity index (χ2v) is 6.06. The van der Waals surface area contributed by atoms with Crippen LogP contribution in [0.15, 0.2) is 18.2 Å². The molecule has 0 saturated heterocycles. The van der Waals surface area contributed by atoms with Crippen molar-refractivity contribution in [2.45, 2.75) is 38.1 Å². The highest BCUT2D eigenvalue weighted by Gasteiger charge is 2.40. The number of halogens is 2. The third-order valence-electron chi connectivity index (χ3n) is 4.96. The third-order valence-corrected chi connectivity index (χ3v) is 4.96. The van der Waals surface area contributed by atoms with Crippen molar-refractivity contribution in [3.63, 3.8) is 0 Å². The van der Waals surface area contributed by atoms with Crippen LogP contribution in [0.2, 0.25) is 0 Å². The van der Waals surface area contributed by atoms with Crippen molar-refractivity contribution in [3.05, 3.63) is 35.4 Å². The Morgan fingerprint density at radius 2 is 2.11 bits per heavy atom. The van der Waals surface area contributed by atoms with E-state index in [0.717, 1.165) is 24.3 Å². The summed E-state index contributed by atoms with van der Waals surface area (Å²) in [6.07, 6.45) is 6.07. The lowest BCUT2D eigenvalue weighted by molar-refractivity contribution is 0.277. The number of benzene rings is 1. The summed E-state index contributed by atoms with van der Waals surface area (Å²) in [6, 6.07) is 3.51. The van der Waals surface area contributed by atoms with Gasteiger partial charge in [0.2, 0.25) is 0 Å². The van der Waals surface area contributed by atoms with Crippen molar-refractivity contribution in [3.8, 4) is 0 Å². The molecule has 19 heavy (non-hydrogen) atoms. The lowest BCUT2D eigenvalue weighted by Crippen LogP contribution is -2.31. The molecule has 2 aliphatic rings. The maximum absolute atomic E-state index is 13.8. The largest absolute Gasteiger partial charge is 0.271 e. The van der Waals surface area contributed by atoms with E-state index in [1.165, 1.54) is 37.8 Å². The molecule has 2 fully saturated rings. The molecule has 2 saturated carbocycles. The first-order valence-electron chi connectivity index (χ1n) is 7.08. The molecule has 1 aromatic carbocycles. The number of hydrogen-bond acceptors (Lipinski definition) is 2. The van der Waals surface area contributed by atoms with Gasteiger partial charge in [-0.15, -0.1) is 0 Å². The van der Waals surface area contributed by atoms with Gasteiger partial charge < -0.3 is 0 Å². The SMILES string of the molecule is NNC(CC1CC2CCC1C2)c1ccc(F)cc1F. The fourth-order valence-corrected chi connectivity index (χ4v) is 4.04. The van der Waals surface area contributed by atoms with Gasteiger partial charge in [-0.2, -0.15) is 0 Å². The van der Waals surface area contributed by atoms with Gasteiger partial charge in [-0.05, 0) is 49.5 Å². The normalized spacial score (nSPS) is 30.8. The summed E-state index contributed by atoms with van der Waals surface area (Å²) in [5, 5.41) is 0. The Morgan fingerprint density at radius 3 is 2.68 bits per heavy atom. The van der Waals surface area contributed by atoms with Gasteiger partial charge in [-0.1, -0.05) is 12.5 Å². The number of nitrogens with two attached hydrogens (primary N) is 1. The van der Waals surface area contributed by atoms with Gasteiger partial charge in [0.1, 0.15) is 11.6 Å². The first-order valence-corrected chi connectivity index (χ1v) is 7.08. The van der Waals surface area contributed by atoms with Gasteiger partial charge in [0, 0.05) is 17.7 Å². The Labute approximate surface area is 112 Å². The van der Waals surface area contributed by atoms with E-state index in [2.05, 4.69) is 5.43 Å². The Kier molecular flexibility index (Phi) is 3.54. The molecule has 0 aliphatic heterocycles. The minimum absolute atomic E-state index is 0.218. The van der Waals surface area contributed by atoms with Gasteiger partial charge in [-0.3, -0.25) is 11.3 Å². The third kappa shape index (κ3) is 2.51. The molecule has 2 nitrogen and oxygen atoms in total. The number of fused-ring (bicyclic) bond motifs is 2. The second-order valence-electron chi connectivity index (χ2n) is 6.06. The second kappa shape index (κ2) is 5.17. The van der Waals surface area contributed by atoms with E-state index in [1.807, 2.05) is 0 Å². The molecule has 0 heterocycles. The molecule has 4 atom stereocenters. The average molecular weight is 266 g/mol. The Balaban J connectivity index is 1.73. The van der Waals surface area contributed by atoms with Crippen LogP contribution < -0.4 is 11.3 Å². The van der Waals surface area contributed by atoms with Crippen molar-refractivity contribution in [2.75, 3.05) is 0 Å². The van der Waals surface area contributed by atoms with Crippen molar-refractivity contribution >= 4 is 0 Å². The molecule has 0 radical (unpaired) electrons. The molecular formula is C15H20F2N2. The maximum atomic E-state index is 13.8. The van der Waals surface area contributed by atoms with E-state index in [4.69, 9.17) is 5.84 Å². The van der Waals surface area contributed by atoms with E-state index in [9.17, 15) is 8.78 Å². The molecule has 3 N–H and O–H groups in total. The summed E-state index contributed by atoms with van der Waals surface area (Å²) in [4.78, 5) is 0. The summed E-state index contributed by atoms with van der Waals surface area (Å²) >= 11 is 0. The summed E-state index contributed by atoms with van der Waals surface area (Å²) in [5.74, 6) is 6.80. The molecule has 4 unspecified atom stereocenters. The molecule has 2 aliphatic carbocycles. The fraction of sp³-hybridized carbons (Fsp3) is 0.600. The van der Waals surface area contributed by atoms with Crippen LogP contribution in [0.4, 0.5) is 8.78 Å². The van der Waals surface area contributed by atoms with Crippen molar-refractivity contribution < 1.29 is 8.78 Å². The molecule has 4 heteroatoms. The average Bonchev–Trinajstić information content (AvgIpc) is 2.99. The summed E-state index contributed by atoms with van der Waals surface area (Å²) in [5.41, 5.74) is 3.18. The van der Waals surface area contributed by atoms with E-state index in [-0.39, 0.29) is 6.04 Å². The predicted octanol–water partition coefficient (Wildman–Crippen LogP) is 3.30. The van der Waals surface area contributed by atoms with Gasteiger partial charge in [0.05, 0.1) is 0 Å². The van der Waals surface area contributed by atoms with Crippen LogP contribution in [0, 0.1) is 29.4 Å². The molecule has 1 aromatic rings. The molecule has 0 aromatic heterocycles. The monoisotopic (exact) mass is 266 g/mol. The molecule has 2 bridgehead atoms. The van der Waals surface area contributed by atoms with E-state index < -0.39 is 11.6 Å². The zero-order valence-corrected chi connectivity index (χ0v) is 10.9. The molecule has 0 amide bonds. The van der Waals surface area contributed by atoms with Crippen molar-refractivity contribution in [1.29, 1.82) is 0 Å². The van der Waals surface area contributed by atoms with Crippen LogP contribution in [0.3, 0.4) is 0 Å². The summed E-state index contributed by atoms with van der Waals surface area (Å²) in [6.45, 7) is 0. The topological polar surface area (TPSA) is 38.0 Å². The molecule has 3 rings (SSSR count). The smallest absolute Gasteiger partial charge is 0.130 e. The highest BCUT2D eigenvalue weighted by Crippen LogP contribution is 2.50. The van der Waals surface area contributed by atoms with Gasteiger partial charge in [0.15, 0.2) is 0 Å². The van der Waals surface area contributed by atoms with Crippen LogP contribution in [-0.2, 0) is 0 Å². The Hall–Kier alpha value is -1.00. The van der Waals surface area contributed by atoms with Crippen molar-refractivity contribution in [1.82, 2.24) is 5.43 Å². The minimum Gasteiger partial charge on any atom is -0.271 e. The summed E-state index contributed by atoms with van der Waals surface area (Å²) < 4.78 is 26.8. The van der Waals surface area contributed by atoms with E-state index in [0.29, 0.717) is 11.5 Å². The zero-order valence-electron chi connectivity index (χ0n) is 10.9. The highest BCUT2D eigenvalue weighted by atomic mass is 19.1. The minimum atomic E-state index is -0.544. The van der Waals surface area contributed by atoms with E-state index in [1.54, 1.807) is 0 Å². The molecular weight excluding hydrogens is 246 g/mol. The van der Waals surface area contributed by atoms with Crippen LogP contribution in [0.1, 0.15) is 43.7 Å². The number of rotatable bonds is 4. The quantitative estimate of drug-likeness (QED) is 0.648. The van der Waals surface area contributed by atoms with Crippen LogP contribution in [-0.4, -0.2) is 0 Å². The number of hydrazine groups is 1. The zero-order chi connectivity index (χ0) is 13.4. The van der Waals surface area contributed by atoms with E-state index >= 15 is 0 Å². The first-order chi connectivity index (χ1) is 9.17. The number of nitrogens with one attached hydrogen (secondary N) is 1. The fourth-order valence-electron chi connectivity index (χ4n) is 4.04. The molecule has 104 valence electrons. The standard InChI is InChI=1S/C15H20F2N2/c16-12-3-4-13(14(17)8-12)15(19-18)7-11-6-9-1-2-10(11)5-9/h3-4,8-11,15,19H,1-2,5-7,18H2. The van der Waals surface area contributed by atoms with Crippen molar-refractivity contribution in [2.24, 2.45) is 23.6 Å². The van der Waals surface area contributed by atoms with Gasteiger partial charge in [0.25, 0.3) is 0 Å². The summed E-state index contributed by atoms with van der Waals surface area (Å²) in [7, 11) is 0. The molecule has 0 spiro atoms. The lowest BCUT2D eigenvalue weighted by atomic mass is 9.83. The van der Waals surface area contributed by atoms with Gasteiger partial charge >= 0.3 is 0 Å². The number of hydrogen-bond donors (Lipinski definition) is 2. The Morgan fingerprint density at radius 1 is 1.26 bits per heavy atom. The first kappa shape index (κ1) is 13.0. The Bertz CT molecular complexity index is 463. The maximum Gasteiger partial charge on any atom is 0.130 e. The highest BCUT2D eigenvalue weighted by molar-refractivity contribution is 5.22. The predicted molar refractivity (Wildman–Crippen MR) is 70.0 cm³/mol. The van der Waals surface area contributed by atoms with Gasteiger partial charge in [-0.25, -0.2) is 8.78 Å². The van der Waals surface area contributed by atoms with Crippen LogP contribution in [0.5, 0.6) is 0 Å². The van der Waals surface area contributed by atoms with Crippen LogP contribution >= 0.6 is 0 Å². The van der Waals surface area contributed by atoms with Crippen LogP contribution in [0.25, 0.3) is 0 Å².